The van der Waals surface area contributed by atoms with Gasteiger partial charge in [0.15, 0.2) is 5.78 Å². The number of carbonyl (C=O) groups is 4. The van der Waals surface area contributed by atoms with Crippen molar-refractivity contribution in [3.63, 3.8) is 0 Å². The van der Waals surface area contributed by atoms with Gasteiger partial charge in [-0.1, -0.05) is 119 Å². The maximum atomic E-state index is 13.7. The van der Waals surface area contributed by atoms with Crippen LogP contribution in [0.3, 0.4) is 0 Å². The quantitative estimate of drug-likeness (QED) is 0.0500. The Labute approximate surface area is 285 Å². The second-order valence-electron chi connectivity index (χ2n) is 13.3. The van der Waals surface area contributed by atoms with Gasteiger partial charge in [-0.3, -0.25) is 14.4 Å². The molecule has 0 bridgehead atoms. The summed E-state index contributed by atoms with van der Waals surface area (Å²) in [6, 6.07) is 6.27. The van der Waals surface area contributed by atoms with E-state index in [1.807, 2.05) is 36.4 Å². The van der Waals surface area contributed by atoms with Gasteiger partial charge < -0.3 is 25.4 Å². The van der Waals surface area contributed by atoms with Crippen LogP contribution in [0.5, 0.6) is 0 Å². The number of carboxylic acids is 1. The highest BCUT2D eigenvalue weighted by atomic mass is 16.5. The first-order chi connectivity index (χ1) is 23.1. The van der Waals surface area contributed by atoms with Gasteiger partial charge in [-0.05, 0) is 43.2 Å². The summed E-state index contributed by atoms with van der Waals surface area (Å²) in [5.74, 6) is -4.93. The molecule has 1 aromatic carbocycles. The zero-order chi connectivity index (χ0) is 34.9. The molecule has 9 nitrogen and oxygen atoms in total. The number of allylic oxidation sites excluding steroid dienone is 5. The SMILES string of the molecule is CCCCCCCCCC(O)CCCC/C=C/[C@H](C(=O)NC(Cc1ccc(C2C=CC=CC2)cc1)C(=O)O)[C@]1(C(=O)OC)CC(O)C1=O. The third-order valence-electron chi connectivity index (χ3n) is 9.69. The highest BCUT2D eigenvalue weighted by Crippen LogP contribution is 2.46. The van der Waals surface area contributed by atoms with Crippen molar-refractivity contribution in [3.8, 4) is 0 Å². The number of Topliss-reactive ketones (excluding diaryl/α,β-unsaturated/α-hetero) is 1. The van der Waals surface area contributed by atoms with E-state index in [1.54, 1.807) is 6.08 Å². The van der Waals surface area contributed by atoms with E-state index in [0.717, 1.165) is 51.2 Å². The maximum Gasteiger partial charge on any atom is 0.326 e. The second-order valence-corrected chi connectivity index (χ2v) is 13.3. The molecule has 48 heavy (non-hydrogen) atoms. The van der Waals surface area contributed by atoms with Crippen LogP contribution in [0.25, 0.3) is 0 Å². The summed E-state index contributed by atoms with van der Waals surface area (Å²) in [6.07, 6.45) is 22.0. The molecular formula is C39H55NO8. The Balaban J connectivity index is 1.61. The molecule has 1 fully saturated rings. The van der Waals surface area contributed by atoms with Gasteiger partial charge >= 0.3 is 11.9 Å². The molecule has 4 unspecified atom stereocenters. The minimum atomic E-state index is -1.94. The van der Waals surface area contributed by atoms with Crippen molar-refractivity contribution in [2.45, 2.75) is 127 Å². The molecule has 1 amide bonds. The van der Waals surface area contributed by atoms with Crippen LogP contribution in [0.1, 0.15) is 114 Å². The minimum absolute atomic E-state index is 0.00117. The standard InChI is InChI=1S/C39H55NO8/c1-3-4-5-6-7-8-14-19-31(41)20-15-9-10-16-21-32(39(38(47)48-2)27-34(42)35(39)43)36(44)40-33(37(45)46)26-28-22-24-30(25-23-28)29-17-12-11-13-18-29/h11-13,16-17,21-25,29,31-34,41-42H,3-10,14-15,18-20,26-27H2,1-2H3,(H,40,44)(H,45,46)/b21-16+/t29?,31?,32-,33?,34?,39-/m1/s1. The summed E-state index contributed by atoms with van der Waals surface area (Å²) in [4.78, 5) is 51.9. The number of aliphatic carboxylic acids is 1. The van der Waals surface area contributed by atoms with Crippen molar-refractivity contribution in [2.24, 2.45) is 11.3 Å². The number of methoxy groups -OCH3 is 1. The summed E-state index contributed by atoms with van der Waals surface area (Å²) in [7, 11) is 1.11. The van der Waals surface area contributed by atoms with Gasteiger partial charge in [-0.2, -0.15) is 0 Å². The fourth-order valence-corrected chi connectivity index (χ4v) is 6.70. The molecule has 264 valence electrons. The monoisotopic (exact) mass is 665 g/mol. The Kier molecular flexibility index (Phi) is 16.3. The first kappa shape index (κ1) is 38.9. The van der Waals surface area contributed by atoms with E-state index >= 15 is 0 Å². The Bertz CT molecular complexity index is 1280. The lowest BCUT2D eigenvalue weighted by atomic mass is 9.58. The minimum Gasteiger partial charge on any atom is -0.480 e. The molecule has 4 N–H and O–H groups in total. The van der Waals surface area contributed by atoms with E-state index in [9.17, 15) is 34.5 Å². The molecule has 0 heterocycles. The number of ether oxygens (including phenoxy) is 1. The fraction of sp³-hybridized carbons (Fsp3) is 0.590. The van der Waals surface area contributed by atoms with E-state index in [4.69, 9.17) is 4.74 Å². The number of ketones is 1. The lowest BCUT2D eigenvalue weighted by Crippen LogP contribution is -2.64. The molecule has 0 aromatic heterocycles. The number of hydrogen-bond donors (Lipinski definition) is 4. The number of aliphatic hydroxyl groups is 2. The molecule has 0 spiro atoms. The smallest absolute Gasteiger partial charge is 0.326 e. The third kappa shape index (κ3) is 11.0. The summed E-state index contributed by atoms with van der Waals surface area (Å²) >= 11 is 0. The zero-order valence-electron chi connectivity index (χ0n) is 28.6. The van der Waals surface area contributed by atoms with Crippen LogP contribution in [0.2, 0.25) is 0 Å². The zero-order valence-corrected chi connectivity index (χ0v) is 28.6. The van der Waals surface area contributed by atoms with Crippen LogP contribution in [-0.2, 0) is 30.3 Å². The van der Waals surface area contributed by atoms with Crippen LogP contribution in [0, 0.1) is 11.3 Å². The van der Waals surface area contributed by atoms with E-state index in [0.29, 0.717) is 18.4 Å². The predicted octanol–water partition coefficient (Wildman–Crippen LogP) is 6.13. The third-order valence-corrected chi connectivity index (χ3v) is 9.69. The predicted molar refractivity (Wildman–Crippen MR) is 185 cm³/mol. The van der Waals surface area contributed by atoms with Gasteiger partial charge in [0.2, 0.25) is 5.91 Å². The molecule has 0 saturated heterocycles. The van der Waals surface area contributed by atoms with Crippen molar-refractivity contribution in [1.82, 2.24) is 5.32 Å². The maximum absolute atomic E-state index is 13.7. The van der Waals surface area contributed by atoms with E-state index in [1.165, 1.54) is 38.2 Å². The largest absolute Gasteiger partial charge is 0.480 e. The van der Waals surface area contributed by atoms with Crippen molar-refractivity contribution >= 4 is 23.6 Å². The highest BCUT2D eigenvalue weighted by Gasteiger charge is 2.65. The number of nitrogens with one attached hydrogen (secondary N) is 1. The number of carbonyl (C=O) groups excluding carboxylic acids is 3. The number of amides is 1. The molecule has 2 aliphatic carbocycles. The summed E-state index contributed by atoms with van der Waals surface area (Å²) in [6.45, 7) is 2.20. The van der Waals surface area contributed by atoms with E-state index in [-0.39, 0.29) is 24.9 Å². The first-order valence-corrected chi connectivity index (χ1v) is 17.7. The van der Waals surface area contributed by atoms with Crippen molar-refractivity contribution < 1.29 is 39.2 Å². The number of esters is 1. The average molecular weight is 666 g/mol. The van der Waals surface area contributed by atoms with Crippen molar-refractivity contribution in [3.05, 3.63) is 71.8 Å². The average Bonchev–Trinajstić information content (AvgIpc) is 3.09. The fourth-order valence-electron chi connectivity index (χ4n) is 6.70. The number of unbranched alkanes of at least 4 members (excludes halogenated alkanes) is 8. The van der Waals surface area contributed by atoms with Gasteiger partial charge in [-0.25, -0.2) is 4.79 Å². The Morgan fingerprint density at radius 3 is 2.25 bits per heavy atom. The summed E-state index contributed by atoms with van der Waals surface area (Å²) in [5.41, 5.74) is -0.125. The number of hydrogen-bond acceptors (Lipinski definition) is 7. The Morgan fingerprint density at radius 2 is 1.67 bits per heavy atom. The van der Waals surface area contributed by atoms with Gasteiger partial charge in [0.05, 0.1) is 19.1 Å². The Morgan fingerprint density at radius 1 is 1.00 bits per heavy atom. The Hall–Kier alpha value is -3.56. The van der Waals surface area contributed by atoms with Crippen LogP contribution in [0.15, 0.2) is 60.7 Å². The van der Waals surface area contributed by atoms with Crippen molar-refractivity contribution in [2.75, 3.05) is 7.11 Å². The van der Waals surface area contributed by atoms with Crippen LogP contribution < -0.4 is 5.32 Å². The molecule has 0 aliphatic heterocycles. The molecule has 3 rings (SSSR count). The molecule has 0 radical (unpaired) electrons. The number of aliphatic hydroxyl groups excluding tert-OH is 2. The molecule has 9 heteroatoms. The molecule has 1 saturated carbocycles. The van der Waals surface area contributed by atoms with E-state index < -0.39 is 47.1 Å². The lowest BCUT2D eigenvalue weighted by Gasteiger charge is -2.44. The molecular weight excluding hydrogens is 610 g/mol. The molecule has 2 aliphatic rings. The number of benzene rings is 1. The number of carboxylic acid groups (broad SMARTS) is 1. The van der Waals surface area contributed by atoms with Gasteiger partial charge in [0, 0.05) is 18.8 Å². The summed E-state index contributed by atoms with van der Waals surface area (Å²) in [5, 5.41) is 33.0. The topological polar surface area (TPSA) is 150 Å². The normalized spacial score (nSPS) is 22.2. The van der Waals surface area contributed by atoms with Crippen molar-refractivity contribution in [1.29, 1.82) is 0 Å². The second kappa shape index (κ2) is 20.1. The first-order valence-electron chi connectivity index (χ1n) is 17.7. The van der Waals surface area contributed by atoms with Gasteiger partial charge in [0.1, 0.15) is 17.6 Å². The number of rotatable bonds is 22. The van der Waals surface area contributed by atoms with Crippen LogP contribution >= 0.6 is 0 Å². The van der Waals surface area contributed by atoms with Crippen LogP contribution in [0.4, 0.5) is 0 Å². The molecule has 1 aromatic rings. The van der Waals surface area contributed by atoms with E-state index in [2.05, 4.69) is 24.4 Å². The molecule has 6 atom stereocenters. The highest BCUT2D eigenvalue weighted by molar-refractivity contribution is 6.14. The summed E-state index contributed by atoms with van der Waals surface area (Å²) < 4.78 is 4.91. The van der Waals surface area contributed by atoms with Gasteiger partial charge in [0.25, 0.3) is 0 Å². The van der Waals surface area contributed by atoms with Crippen LogP contribution in [-0.4, -0.2) is 64.3 Å². The lowest BCUT2D eigenvalue weighted by molar-refractivity contribution is -0.181. The van der Waals surface area contributed by atoms with Gasteiger partial charge in [-0.15, -0.1) is 0 Å².